The molecule has 0 aliphatic rings. The summed E-state index contributed by atoms with van der Waals surface area (Å²) in [6.07, 6.45) is 2.71. The van der Waals surface area contributed by atoms with E-state index in [1.54, 1.807) is 19.1 Å². The van der Waals surface area contributed by atoms with Crippen LogP contribution in [0.1, 0.15) is 55.5 Å². The third-order valence-corrected chi connectivity index (χ3v) is 6.59. The molecule has 29 heavy (non-hydrogen) atoms. The summed E-state index contributed by atoms with van der Waals surface area (Å²) in [5.41, 5.74) is 4.99. The number of carbonyl (C=O) groups excluding carboxylic acids is 1. The molecule has 2 atom stereocenters. The number of rotatable bonds is 8. The summed E-state index contributed by atoms with van der Waals surface area (Å²) in [6.45, 7) is 9.76. The third kappa shape index (κ3) is 5.60. The molecule has 0 aromatic heterocycles. The van der Waals surface area contributed by atoms with Gasteiger partial charge in [-0.25, -0.2) is 8.42 Å². The molecule has 1 N–H and O–H groups in total. The summed E-state index contributed by atoms with van der Waals surface area (Å²) < 4.78 is 26.2. The smallest absolute Gasteiger partial charge is 0.244 e. The van der Waals surface area contributed by atoms with Gasteiger partial charge < -0.3 is 5.32 Å². The van der Waals surface area contributed by atoms with Crippen LogP contribution in [0.3, 0.4) is 0 Å². The zero-order valence-electron chi connectivity index (χ0n) is 18.2. The maximum atomic E-state index is 13.0. The normalized spacial score (nSPS) is 13.6. The van der Waals surface area contributed by atoms with Crippen LogP contribution in [0.15, 0.2) is 42.5 Å². The van der Waals surface area contributed by atoms with Crippen molar-refractivity contribution in [1.82, 2.24) is 5.32 Å². The molecule has 5 nitrogen and oxygen atoms in total. The minimum absolute atomic E-state index is 0.173. The number of hydrogen-bond acceptors (Lipinski definition) is 3. The van der Waals surface area contributed by atoms with Crippen molar-refractivity contribution in [2.45, 2.75) is 59.5 Å². The van der Waals surface area contributed by atoms with Gasteiger partial charge in [-0.1, -0.05) is 44.2 Å². The van der Waals surface area contributed by atoms with Gasteiger partial charge in [-0.2, -0.15) is 0 Å². The monoisotopic (exact) mass is 416 g/mol. The highest BCUT2D eigenvalue weighted by Gasteiger charge is 2.30. The van der Waals surface area contributed by atoms with E-state index in [0.717, 1.165) is 29.4 Å². The lowest BCUT2D eigenvalue weighted by Crippen LogP contribution is -2.48. The molecule has 0 saturated heterocycles. The highest BCUT2D eigenvalue weighted by Crippen LogP contribution is 2.24. The van der Waals surface area contributed by atoms with Gasteiger partial charge in [-0.3, -0.25) is 9.10 Å². The summed E-state index contributed by atoms with van der Waals surface area (Å²) in [7, 11) is -3.63. The number of nitrogens with one attached hydrogen (secondary N) is 1. The maximum absolute atomic E-state index is 13.0. The van der Waals surface area contributed by atoms with Crippen LogP contribution in [0.25, 0.3) is 0 Å². The van der Waals surface area contributed by atoms with E-state index < -0.39 is 16.1 Å². The van der Waals surface area contributed by atoms with E-state index in [2.05, 4.69) is 18.3 Å². The Hall–Kier alpha value is -2.34. The van der Waals surface area contributed by atoms with Gasteiger partial charge in [-0.05, 0) is 68.0 Å². The lowest BCUT2D eigenvalue weighted by Gasteiger charge is -2.30. The summed E-state index contributed by atoms with van der Waals surface area (Å²) in [5.74, 6) is -0.319. The molecule has 0 aliphatic carbocycles. The second-order valence-corrected chi connectivity index (χ2v) is 9.43. The van der Waals surface area contributed by atoms with Crippen molar-refractivity contribution in [3.63, 3.8) is 0 Å². The van der Waals surface area contributed by atoms with Crippen LogP contribution in [0.2, 0.25) is 0 Å². The van der Waals surface area contributed by atoms with E-state index in [4.69, 9.17) is 0 Å². The average Bonchev–Trinajstić information content (AvgIpc) is 2.67. The molecule has 0 saturated carbocycles. The van der Waals surface area contributed by atoms with Crippen molar-refractivity contribution in [1.29, 1.82) is 0 Å². The summed E-state index contributed by atoms with van der Waals surface area (Å²) in [4.78, 5) is 13.0. The van der Waals surface area contributed by atoms with Gasteiger partial charge in [0.05, 0.1) is 18.0 Å². The van der Waals surface area contributed by atoms with Gasteiger partial charge in [0, 0.05) is 0 Å². The zero-order chi connectivity index (χ0) is 21.8. The van der Waals surface area contributed by atoms with Crippen LogP contribution in [-0.4, -0.2) is 26.6 Å². The number of benzene rings is 2. The first-order valence-electron chi connectivity index (χ1n) is 10.0. The Labute approximate surface area is 175 Å². The summed E-state index contributed by atoms with van der Waals surface area (Å²) >= 11 is 0. The quantitative estimate of drug-likeness (QED) is 0.698. The largest absolute Gasteiger partial charge is 0.347 e. The Morgan fingerprint density at radius 3 is 2.14 bits per heavy atom. The van der Waals surface area contributed by atoms with Crippen molar-refractivity contribution in [3.05, 3.63) is 64.7 Å². The standard InChI is InChI=1S/C23H32N2O3S/c1-7-19-10-13-21(14-11-19)25(29(6,27)28)18(5)23(26)24-22(8-2)20-12-9-16(3)17(4)15-20/h9-15,18,22H,7-8H2,1-6H3,(H,24,26). The van der Waals surface area contributed by atoms with Crippen LogP contribution >= 0.6 is 0 Å². The minimum Gasteiger partial charge on any atom is -0.347 e. The Morgan fingerprint density at radius 2 is 1.66 bits per heavy atom. The Balaban J connectivity index is 2.28. The fraction of sp³-hybridized carbons (Fsp3) is 0.435. The molecule has 2 unspecified atom stereocenters. The van der Waals surface area contributed by atoms with E-state index in [0.29, 0.717) is 12.1 Å². The first-order chi connectivity index (χ1) is 13.6. The lowest BCUT2D eigenvalue weighted by atomic mass is 9.99. The van der Waals surface area contributed by atoms with E-state index >= 15 is 0 Å². The number of amides is 1. The molecular weight excluding hydrogens is 384 g/mol. The molecular formula is C23H32N2O3S. The zero-order valence-corrected chi connectivity index (χ0v) is 19.0. The van der Waals surface area contributed by atoms with Crippen LogP contribution in [-0.2, 0) is 21.2 Å². The first kappa shape index (κ1) is 22.9. The molecule has 0 heterocycles. The van der Waals surface area contributed by atoms with Crippen LogP contribution in [0.5, 0.6) is 0 Å². The first-order valence-corrected chi connectivity index (χ1v) is 11.9. The van der Waals surface area contributed by atoms with E-state index in [1.807, 2.05) is 45.0 Å². The molecule has 0 aliphatic heterocycles. The van der Waals surface area contributed by atoms with Gasteiger partial charge in [0.2, 0.25) is 15.9 Å². The predicted molar refractivity (Wildman–Crippen MR) is 120 cm³/mol. The molecule has 0 fully saturated rings. The second kappa shape index (κ2) is 9.44. The molecule has 2 aromatic carbocycles. The lowest BCUT2D eigenvalue weighted by molar-refractivity contribution is -0.122. The van der Waals surface area contributed by atoms with Crippen molar-refractivity contribution >= 4 is 21.6 Å². The fourth-order valence-electron chi connectivity index (χ4n) is 3.38. The van der Waals surface area contributed by atoms with Crippen LogP contribution < -0.4 is 9.62 Å². The summed E-state index contributed by atoms with van der Waals surface area (Å²) in [5, 5.41) is 3.03. The fourth-order valence-corrected chi connectivity index (χ4v) is 4.56. The van der Waals surface area contributed by atoms with E-state index in [1.165, 1.54) is 9.87 Å². The number of sulfonamides is 1. The van der Waals surface area contributed by atoms with E-state index in [9.17, 15) is 13.2 Å². The molecule has 0 spiro atoms. The highest BCUT2D eigenvalue weighted by molar-refractivity contribution is 7.92. The average molecular weight is 417 g/mol. The van der Waals surface area contributed by atoms with Gasteiger partial charge in [0.25, 0.3) is 0 Å². The number of anilines is 1. The number of aryl methyl sites for hydroxylation is 3. The molecule has 0 bridgehead atoms. The van der Waals surface area contributed by atoms with Gasteiger partial charge in [0.1, 0.15) is 6.04 Å². The molecule has 2 rings (SSSR count). The third-order valence-electron chi connectivity index (χ3n) is 5.35. The molecule has 0 radical (unpaired) electrons. The number of hydrogen-bond donors (Lipinski definition) is 1. The Morgan fingerprint density at radius 1 is 1.03 bits per heavy atom. The second-order valence-electron chi connectivity index (χ2n) is 7.57. The van der Waals surface area contributed by atoms with Crippen molar-refractivity contribution in [2.24, 2.45) is 0 Å². The maximum Gasteiger partial charge on any atom is 0.244 e. The molecule has 158 valence electrons. The van der Waals surface area contributed by atoms with Crippen LogP contribution in [0.4, 0.5) is 5.69 Å². The van der Waals surface area contributed by atoms with Crippen molar-refractivity contribution in [2.75, 3.05) is 10.6 Å². The van der Waals surface area contributed by atoms with Crippen LogP contribution in [0, 0.1) is 13.8 Å². The Kier molecular flexibility index (Phi) is 7.47. The minimum atomic E-state index is -3.63. The number of nitrogens with zero attached hydrogens (tertiary/aromatic N) is 1. The van der Waals surface area contributed by atoms with E-state index in [-0.39, 0.29) is 11.9 Å². The molecule has 2 aromatic rings. The highest BCUT2D eigenvalue weighted by atomic mass is 32.2. The van der Waals surface area contributed by atoms with Gasteiger partial charge >= 0.3 is 0 Å². The van der Waals surface area contributed by atoms with Gasteiger partial charge in [0.15, 0.2) is 0 Å². The Bertz CT molecular complexity index is 953. The summed E-state index contributed by atoms with van der Waals surface area (Å²) in [6, 6.07) is 12.4. The van der Waals surface area contributed by atoms with Crippen molar-refractivity contribution < 1.29 is 13.2 Å². The number of carbonyl (C=O) groups is 1. The van der Waals surface area contributed by atoms with Crippen molar-refractivity contribution in [3.8, 4) is 0 Å². The predicted octanol–water partition coefficient (Wildman–Crippen LogP) is 4.29. The SMILES string of the molecule is CCc1ccc(N(C(C)C(=O)NC(CC)c2ccc(C)c(C)c2)S(C)(=O)=O)cc1. The van der Waals surface area contributed by atoms with Gasteiger partial charge in [-0.15, -0.1) is 0 Å². The topological polar surface area (TPSA) is 66.5 Å². The molecule has 6 heteroatoms. The molecule has 1 amide bonds.